The van der Waals surface area contributed by atoms with Gasteiger partial charge in [0.15, 0.2) is 17.8 Å². The van der Waals surface area contributed by atoms with Crippen molar-refractivity contribution in [1.82, 2.24) is 0 Å². The lowest BCUT2D eigenvalue weighted by atomic mass is 10.1. The summed E-state index contributed by atoms with van der Waals surface area (Å²) in [6.07, 6.45) is 0.612. The monoisotopic (exact) mass is 209 g/mol. The van der Waals surface area contributed by atoms with Crippen molar-refractivity contribution in [2.75, 3.05) is 6.79 Å². The molecule has 0 bridgehead atoms. The van der Waals surface area contributed by atoms with Crippen molar-refractivity contribution >= 4 is 17.9 Å². The number of fused-ring (bicyclic) bond motifs is 1. The van der Waals surface area contributed by atoms with E-state index in [9.17, 15) is 4.79 Å². The van der Waals surface area contributed by atoms with Gasteiger partial charge in [-0.2, -0.15) is 5.26 Å². The minimum atomic E-state index is 0.00515. The summed E-state index contributed by atoms with van der Waals surface area (Å²) in [6.45, 7) is 0.00515. The van der Waals surface area contributed by atoms with Gasteiger partial charge in [-0.3, -0.25) is 4.79 Å². The van der Waals surface area contributed by atoms with E-state index in [2.05, 4.69) is 0 Å². The van der Waals surface area contributed by atoms with Crippen LogP contribution < -0.4 is 9.47 Å². The standard InChI is InChI=1S/C9H4ClNO3/c10-7-1-5(3-12)8-9(6(7)2-11)14-4-13-8/h1,3H,4H2. The maximum absolute atomic E-state index is 10.6. The van der Waals surface area contributed by atoms with Crippen LogP contribution in [-0.4, -0.2) is 13.1 Å². The van der Waals surface area contributed by atoms with Crippen LogP contribution in [0.5, 0.6) is 11.5 Å². The molecule has 2 rings (SSSR count). The third kappa shape index (κ3) is 1.10. The highest BCUT2D eigenvalue weighted by atomic mass is 35.5. The van der Waals surface area contributed by atoms with Crippen molar-refractivity contribution in [2.45, 2.75) is 0 Å². The summed E-state index contributed by atoms with van der Waals surface area (Å²) in [5, 5.41) is 8.98. The van der Waals surface area contributed by atoms with Gasteiger partial charge >= 0.3 is 0 Å². The Morgan fingerprint density at radius 2 is 2.21 bits per heavy atom. The number of carbonyl (C=O) groups excluding carboxylic acids is 1. The lowest BCUT2D eigenvalue weighted by molar-refractivity contribution is 0.111. The van der Waals surface area contributed by atoms with E-state index < -0.39 is 0 Å². The number of halogens is 1. The van der Waals surface area contributed by atoms with E-state index in [4.69, 9.17) is 26.3 Å². The topological polar surface area (TPSA) is 59.3 Å². The molecule has 0 radical (unpaired) electrons. The number of hydrogen-bond donors (Lipinski definition) is 0. The molecule has 70 valence electrons. The Balaban J connectivity index is 2.75. The Labute approximate surface area is 84.6 Å². The molecule has 0 spiro atoms. The number of ether oxygens (including phenoxy) is 2. The Bertz CT molecular complexity index is 450. The second kappa shape index (κ2) is 3.20. The first-order valence-electron chi connectivity index (χ1n) is 3.75. The number of nitriles is 1. The molecule has 14 heavy (non-hydrogen) atoms. The van der Waals surface area contributed by atoms with E-state index in [-0.39, 0.29) is 23.1 Å². The summed E-state index contributed by atoms with van der Waals surface area (Å²) in [6, 6.07) is 3.28. The first-order chi connectivity index (χ1) is 6.77. The lowest BCUT2D eigenvalue weighted by Crippen LogP contribution is -1.94. The van der Waals surface area contributed by atoms with Gasteiger partial charge in [0, 0.05) is 0 Å². The van der Waals surface area contributed by atoms with Crippen molar-refractivity contribution < 1.29 is 14.3 Å². The highest BCUT2D eigenvalue weighted by molar-refractivity contribution is 6.32. The molecule has 5 heteroatoms. The zero-order chi connectivity index (χ0) is 10.1. The first-order valence-corrected chi connectivity index (χ1v) is 4.13. The van der Waals surface area contributed by atoms with Gasteiger partial charge in [0.1, 0.15) is 11.6 Å². The van der Waals surface area contributed by atoms with Gasteiger partial charge in [0.05, 0.1) is 10.6 Å². The number of aldehydes is 1. The molecule has 0 amide bonds. The molecule has 0 atom stereocenters. The summed E-state index contributed by atoms with van der Waals surface area (Å²) >= 11 is 5.78. The lowest BCUT2D eigenvalue weighted by Gasteiger charge is -2.02. The summed E-state index contributed by atoms with van der Waals surface area (Å²) in [5.74, 6) is 0.544. The molecular formula is C9H4ClNO3. The molecule has 0 unspecified atom stereocenters. The molecule has 0 aliphatic carbocycles. The van der Waals surface area contributed by atoms with E-state index in [0.717, 1.165) is 0 Å². The normalized spacial score (nSPS) is 12.3. The summed E-state index contributed by atoms with van der Waals surface area (Å²) in [4.78, 5) is 10.6. The minimum absolute atomic E-state index is 0.00515. The van der Waals surface area contributed by atoms with Crippen LogP contribution in [0.15, 0.2) is 6.07 Å². The van der Waals surface area contributed by atoms with Gasteiger partial charge in [-0.05, 0) is 6.07 Å². The van der Waals surface area contributed by atoms with Crippen molar-refractivity contribution in [1.29, 1.82) is 5.26 Å². The second-order valence-electron chi connectivity index (χ2n) is 2.62. The molecule has 1 aromatic rings. The summed E-state index contributed by atoms with van der Waals surface area (Å²) in [7, 11) is 0. The van der Waals surface area contributed by atoms with Crippen LogP contribution in [0, 0.1) is 11.3 Å². The van der Waals surface area contributed by atoms with Gasteiger partial charge in [-0.1, -0.05) is 11.6 Å². The van der Waals surface area contributed by atoms with Crippen LogP contribution in [0.2, 0.25) is 5.02 Å². The fourth-order valence-electron chi connectivity index (χ4n) is 1.25. The molecule has 4 nitrogen and oxygen atoms in total. The molecule has 0 fully saturated rings. The van der Waals surface area contributed by atoms with E-state index in [1.165, 1.54) is 6.07 Å². The van der Waals surface area contributed by atoms with Crippen LogP contribution in [0.1, 0.15) is 15.9 Å². The van der Waals surface area contributed by atoms with Crippen LogP contribution in [0.3, 0.4) is 0 Å². The average molecular weight is 210 g/mol. The van der Waals surface area contributed by atoms with Crippen LogP contribution in [0.4, 0.5) is 0 Å². The Morgan fingerprint density at radius 3 is 2.86 bits per heavy atom. The third-order valence-corrected chi connectivity index (χ3v) is 2.16. The molecule has 1 aromatic carbocycles. The predicted octanol–water partition coefficient (Wildman–Crippen LogP) is 1.75. The second-order valence-corrected chi connectivity index (χ2v) is 3.02. The van der Waals surface area contributed by atoms with E-state index in [1.807, 2.05) is 6.07 Å². The smallest absolute Gasteiger partial charge is 0.231 e. The minimum Gasteiger partial charge on any atom is -0.453 e. The molecule has 0 N–H and O–H groups in total. The fourth-order valence-corrected chi connectivity index (χ4v) is 1.50. The number of carbonyl (C=O) groups is 1. The zero-order valence-corrected chi connectivity index (χ0v) is 7.67. The van der Waals surface area contributed by atoms with E-state index in [0.29, 0.717) is 17.6 Å². The maximum Gasteiger partial charge on any atom is 0.231 e. The number of hydrogen-bond acceptors (Lipinski definition) is 4. The maximum atomic E-state index is 10.6. The molecule has 0 saturated heterocycles. The average Bonchev–Trinajstić information content (AvgIpc) is 2.65. The number of benzene rings is 1. The molecule has 1 heterocycles. The number of nitrogens with zero attached hydrogens (tertiary/aromatic N) is 1. The first kappa shape index (κ1) is 8.85. The van der Waals surface area contributed by atoms with Crippen molar-refractivity contribution in [3.8, 4) is 17.6 Å². The highest BCUT2D eigenvalue weighted by Gasteiger charge is 2.24. The zero-order valence-electron chi connectivity index (χ0n) is 6.91. The Kier molecular flexibility index (Phi) is 2.02. The van der Waals surface area contributed by atoms with Gasteiger partial charge in [0.25, 0.3) is 0 Å². The summed E-state index contributed by atoms with van der Waals surface area (Å²) < 4.78 is 10.1. The Hall–Kier alpha value is -1.73. The summed E-state index contributed by atoms with van der Waals surface area (Å²) in [5.41, 5.74) is 0.492. The van der Waals surface area contributed by atoms with E-state index >= 15 is 0 Å². The molecule has 1 aliphatic heterocycles. The van der Waals surface area contributed by atoms with Crippen molar-refractivity contribution in [2.24, 2.45) is 0 Å². The third-order valence-electron chi connectivity index (χ3n) is 1.86. The molecular weight excluding hydrogens is 206 g/mol. The van der Waals surface area contributed by atoms with Gasteiger partial charge in [-0.15, -0.1) is 0 Å². The van der Waals surface area contributed by atoms with Crippen LogP contribution >= 0.6 is 11.6 Å². The van der Waals surface area contributed by atoms with Crippen LogP contribution in [-0.2, 0) is 0 Å². The number of rotatable bonds is 1. The van der Waals surface area contributed by atoms with Crippen LogP contribution in [0.25, 0.3) is 0 Å². The largest absolute Gasteiger partial charge is 0.453 e. The SMILES string of the molecule is N#Cc1c(Cl)cc(C=O)c2c1OCO2. The molecule has 0 saturated carbocycles. The quantitative estimate of drug-likeness (QED) is 0.662. The predicted molar refractivity (Wildman–Crippen MR) is 47.7 cm³/mol. The van der Waals surface area contributed by atoms with Gasteiger partial charge in [-0.25, -0.2) is 0 Å². The Morgan fingerprint density at radius 1 is 1.50 bits per heavy atom. The van der Waals surface area contributed by atoms with Crippen molar-refractivity contribution in [3.63, 3.8) is 0 Å². The fraction of sp³-hybridized carbons (Fsp3) is 0.111. The van der Waals surface area contributed by atoms with Crippen molar-refractivity contribution in [3.05, 3.63) is 22.2 Å². The van der Waals surface area contributed by atoms with E-state index in [1.54, 1.807) is 0 Å². The molecule has 0 aromatic heterocycles. The molecule has 1 aliphatic rings. The van der Waals surface area contributed by atoms with Gasteiger partial charge < -0.3 is 9.47 Å². The highest BCUT2D eigenvalue weighted by Crippen LogP contribution is 2.41. The van der Waals surface area contributed by atoms with Gasteiger partial charge in [0.2, 0.25) is 6.79 Å².